The molecule has 0 atom stereocenters. The van der Waals surface area contributed by atoms with Crippen LogP contribution in [0, 0.1) is 0 Å². The summed E-state index contributed by atoms with van der Waals surface area (Å²) < 4.78 is 6.56. The zero-order valence-corrected chi connectivity index (χ0v) is 12.6. The van der Waals surface area contributed by atoms with Crippen LogP contribution in [0.3, 0.4) is 0 Å². The fraction of sp³-hybridized carbons (Fsp3) is 0.400. The van der Waals surface area contributed by atoms with Crippen molar-refractivity contribution >= 4 is 27.4 Å². The van der Waals surface area contributed by atoms with Gasteiger partial charge in [-0.3, -0.25) is 0 Å². The van der Waals surface area contributed by atoms with Crippen molar-refractivity contribution in [2.24, 2.45) is 0 Å². The molecule has 0 bridgehead atoms. The highest BCUT2D eigenvalue weighted by molar-refractivity contribution is 7.17. The number of benzene rings is 1. The highest BCUT2D eigenvalue weighted by Gasteiger charge is 2.23. The van der Waals surface area contributed by atoms with Crippen molar-refractivity contribution in [3.8, 4) is 0 Å². The normalized spacial score (nSPS) is 12.1. The van der Waals surface area contributed by atoms with E-state index in [2.05, 4.69) is 0 Å². The molecule has 2 rings (SSSR count). The number of hydrogen-bond donors (Lipinski definition) is 0. The van der Waals surface area contributed by atoms with Crippen LogP contribution in [0.2, 0.25) is 0 Å². The van der Waals surface area contributed by atoms with E-state index in [0.717, 1.165) is 10.1 Å². The summed E-state index contributed by atoms with van der Waals surface area (Å²) in [5, 5.41) is 2.84. The maximum atomic E-state index is 12.2. The summed E-state index contributed by atoms with van der Waals surface area (Å²) in [6.07, 6.45) is 0. The van der Waals surface area contributed by atoms with Gasteiger partial charge in [0.05, 0.1) is 5.56 Å². The van der Waals surface area contributed by atoms with Crippen LogP contribution in [-0.2, 0) is 4.74 Å². The topological polar surface area (TPSA) is 29.5 Å². The summed E-state index contributed by atoms with van der Waals surface area (Å²) in [7, 11) is 3.96. The molecular formula is C15H19NO2S. The summed E-state index contributed by atoms with van der Waals surface area (Å²) in [6, 6.07) is 7.89. The molecule has 0 N–H and O–H groups in total. The Bertz CT molecular complexity index is 587. The number of ether oxygens (including phenoxy) is 1. The lowest BCUT2D eigenvalue weighted by atomic mass is 10.1. The van der Waals surface area contributed by atoms with Crippen LogP contribution in [0.5, 0.6) is 0 Å². The quantitative estimate of drug-likeness (QED) is 0.802. The van der Waals surface area contributed by atoms with Crippen molar-refractivity contribution in [2.75, 3.05) is 20.7 Å². The molecule has 0 saturated heterocycles. The van der Waals surface area contributed by atoms with Gasteiger partial charge < -0.3 is 9.64 Å². The average Bonchev–Trinajstić information content (AvgIpc) is 2.79. The summed E-state index contributed by atoms with van der Waals surface area (Å²) in [4.78, 5) is 14.2. The molecular weight excluding hydrogens is 258 g/mol. The number of nitrogens with zero attached hydrogens (tertiary/aromatic N) is 1. The number of hydrogen-bond acceptors (Lipinski definition) is 4. The Balaban J connectivity index is 2.13. The van der Waals surface area contributed by atoms with E-state index in [0.29, 0.717) is 12.2 Å². The minimum absolute atomic E-state index is 0.165. The third kappa shape index (κ3) is 2.96. The van der Waals surface area contributed by atoms with Gasteiger partial charge in [0.2, 0.25) is 0 Å². The summed E-state index contributed by atoms with van der Waals surface area (Å²) in [5.74, 6) is -0.243. The third-order valence-electron chi connectivity index (χ3n) is 3.47. The predicted molar refractivity (Wildman–Crippen MR) is 79.9 cm³/mol. The van der Waals surface area contributed by atoms with Crippen LogP contribution in [-0.4, -0.2) is 37.1 Å². The van der Waals surface area contributed by atoms with E-state index in [1.54, 1.807) is 11.3 Å². The molecule has 0 amide bonds. The van der Waals surface area contributed by atoms with E-state index < -0.39 is 0 Å². The van der Waals surface area contributed by atoms with Gasteiger partial charge in [-0.15, -0.1) is 11.3 Å². The second-order valence-corrected chi connectivity index (χ2v) is 6.34. The number of rotatable bonds is 4. The van der Waals surface area contributed by atoms with E-state index >= 15 is 0 Å². The van der Waals surface area contributed by atoms with Crippen molar-refractivity contribution in [1.29, 1.82) is 0 Å². The molecule has 1 aromatic heterocycles. The Morgan fingerprint density at radius 3 is 2.68 bits per heavy atom. The van der Waals surface area contributed by atoms with Gasteiger partial charge in [0, 0.05) is 21.0 Å². The van der Waals surface area contributed by atoms with Crippen molar-refractivity contribution in [3.63, 3.8) is 0 Å². The highest BCUT2D eigenvalue weighted by Crippen LogP contribution is 2.26. The van der Waals surface area contributed by atoms with Gasteiger partial charge in [-0.25, -0.2) is 4.79 Å². The van der Waals surface area contributed by atoms with Crippen LogP contribution >= 0.6 is 11.3 Å². The van der Waals surface area contributed by atoms with E-state index in [-0.39, 0.29) is 11.5 Å². The molecule has 0 fully saturated rings. The molecule has 0 radical (unpaired) electrons. The molecule has 4 heteroatoms. The lowest BCUT2D eigenvalue weighted by Crippen LogP contribution is -2.43. The number of carbonyl (C=O) groups excluding carboxylic acids is 1. The zero-order valence-electron chi connectivity index (χ0n) is 11.8. The zero-order chi connectivity index (χ0) is 14.0. The summed E-state index contributed by atoms with van der Waals surface area (Å²) in [6.45, 7) is 4.47. The molecule has 0 aliphatic heterocycles. The second-order valence-electron chi connectivity index (χ2n) is 5.43. The number of likely N-dealkylation sites (N-methyl/N-ethyl adjacent to an activating group) is 1. The Labute approximate surface area is 117 Å². The van der Waals surface area contributed by atoms with Gasteiger partial charge in [0.1, 0.15) is 6.61 Å². The fourth-order valence-electron chi connectivity index (χ4n) is 1.58. The third-order valence-corrected chi connectivity index (χ3v) is 4.43. The van der Waals surface area contributed by atoms with E-state index in [4.69, 9.17) is 4.74 Å². The molecule has 19 heavy (non-hydrogen) atoms. The highest BCUT2D eigenvalue weighted by atomic mass is 32.1. The number of fused-ring (bicyclic) bond motifs is 1. The lowest BCUT2D eigenvalue weighted by Gasteiger charge is -2.31. The molecule has 1 heterocycles. The average molecular weight is 277 g/mol. The summed E-state index contributed by atoms with van der Waals surface area (Å²) >= 11 is 1.57. The minimum atomic E-state index is -0.243. The molecule has 0 spiro atoms. The maximum absolute atomic E-state index is 12.2. The first-order valence-corrected chi connectivity index (χ1v) is 7.10. The van der Waals surface area contributed by atoms with Gasteiger partial charge >= 0.3 is 5.97 Å². The Morgan fingerprint density at radius 2 is 2.00 bits per heavy atom. The van der Waals surface area contributed by atoms with Gasteiger partial charge in [-0.1, -0.05) is 18.2 Å². The number of esters is 1. The van der Waals surface area contributed by atoms with Gasteiger partial charge in [0.25, 0.3) is 0 Å². The second kappa shape index (κ2) is 5.31. The minimum Gasteiger partial charge on any atom is -0.460 e. The molecule has 2 aromatic rings. The molecule has 3 nitrogen and oxygen atoms in total. The van der Waals surface area contributed by atoms with Crippen molar-refractivity contribution in [3.05, 3.63) is 35.2 Å². The van der Waals surface area contributed by atoms with Crippen molar-refractivity contribution in [2.45, 2.75) is 19.4 Å². The fourth-order valence-corrected chi connectivity index (χ4v) is 2.52. The molecule has 0 saturated carbocycles. The Morgan fingerprint density at radius 1 is 1.32 bits per heavy atom. The summed E-state index contributed by atoms with van der Waals surface area (Å²) in [5.41, 5.74) is 0.497. The standard InChI is InChI=1S/C15H19NO2S/c1-15(2,16(3)4)10-18-14(17)12-9-19-13-8-6-5-7-11(12)13/h5-9H,10H2,1-4H3. The van der Waals surface area contributed by atoms with Crippen LogP contribution in [0.1, 0.15) is 24.2 Å². The molecule has 102 valence electrons. The van der Waals surface area contributed by atoms with Crippen LogP contribution in [0.15, 0.2) is 29.6 Å². The molecule has 0 unspecified atom stereocenters. The monoisotopic (exact) mass is 277 g/mol. The van der Waals surface area contributed by atoms with E-state index in [1.807, 2.05) is 62.5 Å². The first-order valence-electron chi connectivity index (χ1n) is 6.22. The van der Waals surface area contributed by atoms with Gasteiger partial charge in [-0.2, -0.15) is 0 Å². The van der Waals surface area contributed by atoms with Crippen LogP contribution < -0.4 is 0 Å². The molecule has 1 aromatic carbocycles. The van der Waals surface area contributed by atoms with Gasteiger partial charge in [-0.05, 0) is 34.0 Å². The van der Waals surface area contributed by atoms with Gasteiger partial charge in [0.15, 0.2) is 0 Å². The van der Waals surface area contributed by atoms with Crippen molar-refractivity contribution < 1.29 is 9.53 Å². The molecule has 0 aliphatic carbocycles. The number of carbonyl (C=O) groups is 1. The van der Waals surface area contributed by atoms with Crippen LogP contribution in [0.25, 0.3) is 10.1 Å². The van der Waals surface area contributed by atoms with E-state index in [9.17, 15) is 4.79 Å². The van der Waals surface area contributed by atoms with E-state index in [1.165, 1.54) is 0 Å². The Kier molecular flexibility index (Phi) is 3.92. The largest absolute Gasteiger partial charge is 0.460 e. The maximum Gasteiger partial charge on any atom is 0.339 e. The van der Waals surface area contributed by atoms with Crippen LogP contribution in [0.4, 0.5) is 0 Å². The SMILES string of the molecule is CN(C)C(C)(C)COC(=O)c1csc2ccccc12. The molecule has 0 aliphatic rings. The predicted octanol–water partition coefficient (Wildman–Crippen LogP) is 3.40. The first kappa shape index (κ1) is 14.0. The van der Waals surface area contributed by atoms with Crippen molar-refractivity contribution in [1.82, 2.24) is 4.90 Å². The smallest absolute Gasteiger partial charge is 0.339 e. The number of thiophene rings is 1. The first-order chi connectivity index (χ1) is 8.92. The lowest BCUT2D eigenvalue weighted by molar-refractivity contribution is 0.0256. The Hall–Kier alpha value is -1.39.